The number of piperidine rings is 1. The van der Waals surface area contributed by atoms with Crippen molar-refractivity contribution in [2.75, 3.05) is 33.4 Å². The number of para-hydroxylation sites is 1. The zero-order valence-electron chi connectivity index (χ0n) is 15.0. The van der Waals surface area contributed by atoms with Crippen LogP contribution in [0.1, 0.15) is 24.3 Å². The highest BCUT2D eigenvalue weighted by Gasteiger charge is 2.37. The van der Waals surface area contributed by atoms with Gasteiger partial charge < -0.3 is 25.4 Å². The van der Waals surface area contributed by atoms with Gasteiger partial charge in [-0.3, -0.25) is 0 Å². The lowest BCUT2D eigenvalue weighted by Crippen LogP contribution is -2.43. The van der Waals surface area contributed by atoms with Crippen molar-refractivity contribution in [2.24, 2.45) is 11.8 Å². The number of fused-ring (bicyclic) bond motifs is 1. The van der Waals surface area contributed by atoms with Crippen molar-refractivity contribution in [1.82, 2.24) is 15.3 Å². The first-order valence-corrected chi connectivity index (χ1v) is 9.09. The molecular formula is C19H27N3O4. The Morgan fingerprint density at radius 1 is 1.35 bits per heavy atom. The Morgan fingerprint density at radius 3 is 2.92 bits per heavy atom. The second-order valence-electron chi connectivity index (χ2n) is 6.83. The molecule has 142 valence electrons. The molecule has 4 N–H and O–H groups in total. The van der Waals surface area contributed by atoms with Gasteiger partial charge in [0.05, 0.1) is 37.1 Å². The lowest BCUT2D eigenvalue weighted by Gasteiger charge is -2.39. The number of aliphatic hydroxyl groups excluding tert-OH is 3. The predicted octanol–water partition coefficient (Wildman–Crippen LogP) is 0.683. The molecule has 0 spiro atoms. The van der Waals surface area contributed by atoms with Gasteiger partial charge in [-0.15, -0.1) is 0 Å². The molecule has 0 amide bonds. The van der Waals surface area contributed by atoms with Crippen molar-refractivity contribution in [3.8, 4) is 5.88 Å². The minimum Gasteiger partial charge on any atom is -0.480 e. The highest BCUT2D eigenvalue weighted by atomic mass is 16.5. The standard InChI is InChI=1S/C19H27N3O4/c1-26-17-10-21-15-4-2-3-14(19(15)22-17)18(16(25)11-24)13-5-7-20-9-12(13)6-8-23/h2-4,10,12-13,16,18,20,23-25H,5-9,11H2,1H3/t12-,13+,16+,18?/m1/s1. The predicted molar refractivity (Wildman–Crippen MR) is 98.1 cm³/mol. The van der Waals surface area contributed by atoms with Crippen LogP contribution < -0.4 is 10.1 Å². The first kappa shape index (κ1) is 19.0. The Kier molecular flexibility index (Phi) is 6.37. The number of aliphatic hydroxyl groups is 3. The van der Waals surface area contributed by atoms with Gasteiger partial charge >= 0.3 is 0 Å². The molecule has 0 bridgehead atoms. The van der Waals surface area contributed by atoms with Crippen LogP contribution in [0.25, 0.3) is 11.0 Å². The van der Waals surface area contributed by atoms with Gasteiger partial charge in [-0.25, -0.2) is 9.97 Å². The summed E-state index contributed by atoms with van der Waals surface area (Å²) >= 11 is 0. The number of nitrogens with one attached hydrogen (secondary N) is 1. The third kappa shape index (κ3) is 3.81. The molecule has 7 nitrogen and oxygen atoms in total. The minimum atomic E-state index is -0.905. The van der Waals surface area contributed by atoms with E-state index in [0.29, 0.717) is 17.8 Å². The van der Waals surface area contributed by atoms with Gasteiger partial charge in [0.25, 0.3) is 0 Å². The lowest BCUT2D eigenvalue weighted by molar-refractivity contribution is 0.0315. The van der Waals surface area contributed by atoms with Crippen LogP contribution in [0, 0.1) is 11.8 Å². The number of methoxy groups -OCH3 is 1. The van der Waals surface area contributed by atoms with E-state index in [1.165, 1.54) is 0 Å². The van der Waals surface area contributed by atoms with Crippen molar-refractivity contribution in [1.29, 1.82) is 0 Å². The van der Waals surface area contributed by atoms with Crippen LogP contribution in [0.2, 0.25) is 0 Å². The molecule has 2 heterocycles. The van der Waals surface area contributed by atoms with Gasteiger partial charge in [0.1, 0.15) is 0 Å². The van der Waals surface area contributed by atoms with Crippen molar-refractivity contribution < 1.29 is 20.1 Å². The maximum absolute atomic E-state index is 10.7. The van der Waals surface area contributed by atoms with Crippen LogP contribution in [0.5, 0.6) is 5.88 Å². The van der Waals surface area contributed by atoms with E-state index < -0.39 is 6.10 Å². The molecule has 1 unspecified atom stereocenters. The molecule has 0 aliphatic carbocycles. The first-order valence-electron chi connectivity index (χ1n) is 9.09. The van der Waals surface area contributed by atoms with E-state index in [-0.39, 0.29) is 31.0 Å². The lowest BCUT2D eigenvalue weighted by atomic mass is 9.70. The first-order chi connectivity index (χ1) is 12.7. The molecule has 0 saturated carbocycles. The van der Waals surface area contributed by atoms with E-state index in [2.05, 4.69) is 15.3 Å². The van der Waals surface area contributed by atoms with Gasteiger partial charge in [0.2, 0.25) is 5.88 Å². The maximum atomic E-state index is 10.7. The summed E-state index contributed by atoms with van der Waals surface area (Å²) in [6.07, 6.45) is 2.19. The topological polar surface area (TPSA) is 108 Å². The highest BCUT2D eigenvalue weighted by Crippen LogP contribution is 2.40. The summed E-state index contributed by atoms with van der Waals surface area (Å²) in [6.45, 7) is 1.42. The number of hydrogen-bond donors (Lipinski definition) is 4. The number of aromatic nitrogens is 2. The summed E-state index contributed by atoms with van der Waals surface area (Å²) in [6, 6.07) is 5.72. The molecular weight excluding hydrogens is 334 g/mol. The molecule has 1 saturated heterocycles. The summed E-state index contributed by atoms with van der Waals surface area (Å²) in [7, 11) is 1.54. The second-order valence-corrected chi connectivity index (χ2v) is 6.83. The quantitative estimate of drug-likeness (QED) is 0.574. The average Bonchev–Trinajstić information content (AvgIpc) is 2.69. The number of benzene rings is 1. The second kappa shape index (κ2) is 8.73. The minimum absolute atomic E-state index is 0.105. The average molecular weight is 361 g/mol. The number of ether oxygens (including phenoxy) is 1. The Labute approximate surface area is 153 Å². The van der Waals surface area contributed by atoms with Crippen LogP contribution in [0.4, 0.5) is 0 Å². The van der Waals surface area contributed by atoms with Gasteiger partial charge in [0, 0.05) is 12.5 Å². The molecule has 1 aromatic heterocycles. The Balaban J connectivity index is 2.09. The van der Waals surface area contributed by atoms with E-state index in [1.807, 2.05) is 18.2 Å². The SMILES string of the molecule is COc1cnc2cccc(C([C@H]3CCNC[C@H]3CCO)[C@@H](O)CO)c2n1. The summed E-state index contributed by atoms with van der Waals surface area (Å²) in [4.78, 5) is 8.95. The Bertz CT molecular complexity index is 725. The fourth-order valence-electron chi connectivity index (χ4n) is 4.14. The van der Waals surface area contributed by atoms with Crippen molar-refractivity contribution in [3.63, 3.8) is 0 Å². The van der Waals surface area contributed by atoms with Gasteiger partial charge in [-0.05, 0) is 49.4 Å². The molecule has 1 aromatic carbocycles. The molecule has 2 aromatic rings. The van der Waals surface area contributed by atoms with Gasteiger partial charge in [-0.2, -0.15) is 0 Å². The molecule has 7 heteroatoms. The third-order valence-corrected chi connectivity index (χ3v) is 5.38. The van der Waals surface area contributed by atoms with E-state index in [4.69, 9.17) is 4.74 Å². The largest absolute Gasteiger partial charge is 0.480 e. The zero-order valence-corrected chi connectivity index (χ0v) is 15.0. The molecule has 1 fully saturated rings. The normalized spacial score (nSPS) is 22.9. The molecule has 1 aliphatic rings. The smallest absolute Gasteiger partial charge is 0.232 e. The summed E-state index contributed by atoms with van der Waals surface area (Å²) in [5.41, 5.74) is 2.28. The summed E-state index contributed by atoms with van der Waals surface area (Å²) in [5, 5.41) is 33.2. The monoisotopic (exact) mass is 361 g/mol. The number of hydrogen-bond acceptors (Lipinski definition) is 7. The molecule has 3 rings (SSSR count). The summed E-state index contributed by atoms with van der Waals surface area (Å²) < 4.78 is 5.22. The van der Waals surface area contributed by atoms with Crippen LogP contribution in [-0.2, 0) is 0 Å². The Morgan fingerprint density at radius 2 is 2.19 bits per heavy atom. The number of nitrogens with zero attached hydrogens (tertiary/aromatic N) is 2. The van der Waals surface area contributed by atoms with Crippen molar-refractivity contribution >= 4 is 11.0 Å². The maximum Gasteiger partial charge on any atom is 0.232 e. The summed E-state index contributed by atoms with van der Waals surface area (Å²) in [5.74, 6) is 0.473. The van der Waals surface area contributed by atoms with Gasteiger partial charge in [0.15, 0.2) is 0 Å². The van der Waals surface area contributed by atoms with Crippen LogP contribution in [-0.4, -0.2) is 64.8 Å². The fraction of sp³-hybridized carbons (Fsp3) is 0.579. The van der Waals surface area contributed by atoms with Gasteiger partial charge in [-0.1, -0.05) is 12.1 Å². The van der Waals surface area contributed by atoms with E-state index >= 15 is 0 Å². The van der Waals surface area contributed by atoms with Crippen molar-refractivity contribution in [2.45, 2.75) is 24.9 Å². The van der Waals surface area contributed by atoms with Crippen LogP contribution in [0.15, 0.2) is 24.4 Å². The van der Waals surface area contributed by atoms with Crippen molar-refractivity contribution in [3.05, 3.63) is 30.0 Å². The molecule has 1 aliphatic heterocycles. The third-order valence-electron chi connectivity index (χ3n) is 5.38. The van der Waals surface area contributed by atoms with E-state index in [9.17, 15) is 15.3 Å². The van der Waals surface area contributed by atoms with Crippen LogP contribution in [0.3, 0.4) is 0 Å². The fourth-order valence-corrected chi connectivity index (χ4v) is 4.14. The van der Waals surface area contributed by atoms with Crippen LogP contribution >= 0.6 is 0 Å². The Hall–Kier alpha value is -1.80. The molecule has 0 radical (unpaired) electrons. The highest BCUT2D eigenvalue weighted by molar-refractivity contribution is 5.79. The zero-order chi connectivity index (χ0) is 18.5. The molecule has 4 atom stereocenters. The van der Waals surface area contributed by atoms with E-state index in [1.54, 1.807) is 13.3 Å². The van der Waals surface area contributed by atoms with E-state index in [0.717, 1.165) is 30.6 Å². The number of rotatable bonds is 7. The molecule has 26 heavy (non-hydrogen) atoms.